The second kappa shape index (κ2) is 10.6. The van der Waals surface area contributed by atoms with Gasteiger partial charge >= 0.3 is 0 Å². The van der Waals surface area contributed by atoms with Crippen molar-refractivity contribution in [3.8, 4) is 5.75 Å². The number of thiophene rings is 1. The van der Waals surface area contributed by atoms with Gasteiger partial charge in [0.1, 0.15) is 5.75 Å². The zero-order valence-corrected chi connectivity index (χ0v) is 19.9. The molecule has 0 N–H and O–H groups in total. The van der Waals surface area contributed by atoms with E-state index in [0.717, 1.165) is 36.1 Å². The number of benzene rings is 2. The summed E-state index contributed by atoms with van der Waals surface area (Å²) < 4.78 is 40.2. The molecule has 1 atom stereocenters. The molecule has 0 radical (unpaired) electrons. The Morgan fingerprint density at radius 1 is 1.12 bits per heavy atom. The third kappa shape index (κ3) is 5.98. The van der Waals surface area contributed by atoms with E-state index in [9.17, 15) is 8.42 Å². The van der Waals surface area contributed by atoms with Gasteiger partial charge in [-0.2, -0.15) is 15.6 Å². The molecule has 2 heterocycles. The van der Waals surface area contributed by atoms with E-state index >= 15 is 0 Å². The van der Waals surface area contributed by atoms with E-state index in [1.54, 1.807) is 23.5 Å². The Labute approximate surface area is 194 Å². The lowest BCUT2D eigenvalue weighted by molar-refractivity contribution is 0.0926. The van der Waals surface area contributed by atoms with Gasteiger partial charge in [-0.25, -0.2) is 8.42 Å². The Morgan fingerprint density at radius 2 is 1.97 bits per heavy atom. The van der Waals surface area contributed by atoms with Gasteiger partial charge in [-0.3, -0.25) is 0 Å². The first-order chi connectivity index (χ1) is 15.5. The molecular weight excluding hydrogens is 442 g/mol. The van der Waals surface area contributed by atoms with Crippen LogP contribution in [0.2, 0.25) is 0 Å². The third-order valence-corrected chi connectivity index (χ3v) is 8.14. The van der Waals surface area contributed by atoms with Crippen molar-refractivity contribution >= 4 is 21.4 Å². The number of hydrogen-bond donors (Lipinski definition) is 0. The largest absolute Gasteiger partial charge is 0.493 e. The Bertz CT molecular complexity index is 1090. The molecule has 1 aromatic heterocycles. The van der Waals surface area contributed by atoms with E-state index in [4.69, 9.17) is 9.47 Å². The SMILES string of the molecule is Cc1ccc(S(=O)(=O)N(Cc2cccc(OCCc3ccsc3)c2)C[C@H]2CCCO2)cc1. The minimum atomic E-state index is -3.65. The summed E-state index contributed by atoms with van der Waals surface area (Å²) in [5, 5.41) is 4.19. The van der Waals surface area contributed by atoms with E-state index in [-0.39, 0.29) is 12.6 Å². The van der Waals surface area contributed by atoms with Crippen molar-refractivity contribution in [1.82, 2.24) is 4.31 Å². The molecule has 1 aliphatic heterocycles. The fraction of sp³-hybridized carbons (Fsp3) is 0.360. The smallest absolute Gasteiger partial charge is 0.243 e. The lowest BCUT2D eigenvalue weighted by Gasteiger charge is -2.25. The molecule has 1 aliphatic rings. The van der Waals surface area contributed by atoms with Gasteiger partial charge in [0.2, 0.25) is 10.0 Å². The molecule has 5 nitrogen and oxygen atoms in total. The maximum absolute atomic E-state index is 13.5. The molecule has 3 aromatic rings. The zero-order valence-electron chi connectivity index (χ0n) is 18.3. The lowest BCUT2D eigenvalue weighted by atomic mass is 10.2. The van der Waals surface area contributed by atoms with Gasteiger partial charge in [0, 0.05) is 26.1 Å². The molecule has 4 rings (SSSR count). The Morgan fingerprint density at radius 3 is 2.69 bits per heavy atom. The molecule has 170 valence electrons. The van der Waals surface area contributed by atoms with Gasteiger partial charge in [-0.15, -0.1) is 0 Å². The predicted molar refractivity (Wildman–Crippen MR) is 128 cm³/mol. The van der Waals surface area contributed by atoms with Crippen LogP contribution in [0.1, 0.15) is 29.5 Å². The first-order valence-electron chi connectivity index (χ1n) is 10.9. The summed E-state index contributed by atoms with van der Waals surface area (Å²) in [5.74, 6) is 0.752. The fourth-order valence-electron chi connectivity index (χ4n) is 3.78. The second-order valence-electron chi connectivity index (χ2n) is 8.12. The average Bonchev–Trinajstić information content (AvgIpc) is 3.48. The third-order valence-electron chi connectivity index (χ3n) is 5.59. The first kappa shape index (κ1) is 23.0. The van der Waals surface area contributed by atoms with Crippen LogP contribution in [0.4, 0.5) is 0 Å². The van der Waals surface area contributed by atoms with Crippen molar-refractivity contribution in [2.24, 2.45) is 0 Å². The topological polar surface area (TPSA) is 55.8 Å². The van der Waals surface area contributed by atoms with E-state index in [0.29, 0.717) is 24.7 Å². The Balaban J connectivity index is 1.49. The zero-order chi connectivity index (χ0) is 22.4. The summed E-state index contributed by atoms with van der Waals surface area (Å²) in [6, 6.07) is 16.8. The van der Waals surface area contributed by atoms with Crippen LogP contribution in [0.5, 0.6) is 5.75 Å². The average molecular weight is 472 g/mol. The van der Waals surface area contributed by atoms with Gasteiger partial charge < -0.3 is 9.47 Å². The number of sulfonamides is 1. The lowest BCUT2D eigenvalue weighted by Crippen LogP contribution is -2.37. The normalized spacial score (nSPS) is 16.5. The summed E-state index contributed by atoms with van der Waals surface area (Å²) in [5.41, 5.74) is 3.19. The van der Waals surface area contributed by atoms with E-state index in [2.05, 4.69) is 16.8 Å². The summed E-state index contributed by atoms with van der Waals surface area (Å²) in [7, 11) is -3.65. The second-order valence-corrected chi connectivity index (χ2v) is 10.8. The van der Waals surface area contributed by atoms with Crippen LogP contribution in [0.15, 0.2) is 70.3 Å². The van der Waals surface area contributed by atoms with Gasteiger partial charge in [-0.1, -0.05) is 29.8 Å². The number of rotatable bonds is 10. The predicted octanol–water partition coefficient (Wildman–Crippen LogP) is 5.05. The van der Waals surface area contributed by atoms with Crippen LogP contribution in [0.25, 0.3) is 0 Å². The number of nitrogens with zero attached hydrogens (tertiary/aromatic N) is 1. The van der Waals surface area contributed by atoms with Crippen molar-refractivity contribution < 1.29 is 17.9 Å². The molecule has 0 unspecified atom stereocenters. The summed E-state index contributed by atoms with van der Waals surface area (Å²) in [6.45, 7) is 3.85. The number of aryl methyl sites for hydroxylation is 1. The van der Waals surface area contributed by atoms with Crippen molar-refractivity contribution in [2.45, 2.75) is 43.7 Å². The molecule has 1 saturated heterocycles. The molecule has 2 aromatic carbocycles. The van der Waals surface area contributed by atoms with Gasteiger partial charge in [0.25, 0.3) is 0 Å². The molecule has 0 saturated carbocycles. The number of hydrogen-bond acceptors (Lipinski definition) is 5. The maximum Gasteiger partial charge on any atom is 0.243 e. The van der Waals surface area contributed by atoms with E-state index in [1.165, 1.54) is 9.87 Å². The van der Waals surface area contributed by atoms with E-state index in [1.807, 2.05) is 43.3 Å². The van der Waals surface area contributed by atoms with Crippen LogP contribution < -0.4 is 4.74 Å². The summed E-state index contributed by atoms with van der Waals surface area (Å²) in [4.78, 5) is 0.310. The quantitative estimate of drug-likeness (QED) is 0.415. The monoisotopic (exact) mass is 471 g/mol. The van der Waals surface area contributed by atoms with E-state index < -0.39 is 10.0 Å². The van der Waals surface area contributed by atoms with Crippen molar-refractivity contribution in [1.29, 1.82) is 0 Å². The van der Waals surface area contributed by atoms with Gasteiger partial charge in [0.15, 0.2) is 0 Å². The molecule has 0 bridgehead atoms. The molecule has 1 fully saturated rings. The minimum Gasteiger partial charge on any atom is -0.493 e. The fourth-order valence-corrected chi connectivity index (χ4v) is 5.94. The number of ether oxygens (including phenoxy) is 2. The molecular formula is C25H29NO4S2. The highest BCUT2D eigenvalue weighted by Crippen LogP contribution is 2.24. The van der Waals surface area contributed by atoms with Crippen LogP contribution in [-0.4, -0.2) is 38.6 Å². The summed E-state index contributed by atoms with van der Waals surface area (Å²) in [6.07, 6.45) is 2.63. The molecule has 32 heavy (non-hydrogen) atoms. The Hall–Kier alpha value is -2.19. The van der Waals surface area contributed by atoms with Crippen molar-refractivity contribution in [3.05, 3.63) is 82.0 Å². The van der Waals surface area contributed by atoms with Gasteiger partial charge in [-0.05, 0) is 72.0 Å². The summed E-state index contributed by atoms with van der Waals surface area (Å²) >= 11 is 1.68. The molecule has 0 aliphatic carbocycles. The van der Waals surface area contributed by atoms with Crippen LogP contribution in [0.3, 0.4) is 0 Å². The molecule has 0 spiro atoms. The van der Waals surface area contributed by atoms with Crippen LogP contribution in [-0.2, 0) is 27.7 Å². The van der Waals surface area contributed by atoms with Crippen molar-refractivity contribution in [2.75, 3.05) is 19.8 Å². The van der Waals surface area contributed by atoms with Crippen LogP contribution >= 0.6 is 11.3 Å². The standard InChI is InChI=1S/C25H29NO4S2/c1-20-7-9-25(10-8-20)32(27,28)26(18-24-6-3-13-29-24)17-22-4-2-5-23(16-22)30-14-11-21-12-15-31-19-21/h2,4-5,7-10,12,15-16,19,24H,3,6,11,13-14,17-18H2,1H3/t24-/m1/s1. The minimum absolute atomic E-state index is 0.0692. The molecule has 0 amide bonds. The maximum atomic E-state index is 13.5. The highest BCUT2D eigenvalue weighted by atomic mass is 32.2. The molecule has 7 heteroatoms. The first-order valence-corrected chi connectivity index (χ1v) is 13.3. The van der Waals surface area contributed by atoms with Crippen molar-refractivity contribution in [3.63, 3.8) is 0 Å². The highest BCUT2D eigenvalue weighted by molar-refractivity contribution is 7.89. The highest BCUT2D eigenvalue weighted by Gasteiger charge is 2.29. The Kier molecular flexibility index (Phi) is 7.63. The van der Waals surface area contributed by atoms with Crippen LogP contribution in [0, 0.1) is 6.92 Å². The van der Waals surface area contributed by atoms with Gasteiger partial charge in [0.05, 0.1) is 17.6 Å².